The van der Waals surface area contributed by atoms with Gasteiger partial charge in [-0.1, -0.05) is 42.4 Å². The number of amides is 1. The quantitative estimate of drug-likeness (QED) is 0.566. The molecule has 1 aliphatic rings. The van der Waals surface area contributed by atoms with E-state index in [1.54, 1.807) is 37.3 Å². The molecule has 3 rings (SSSR count). The number of thioether (sulfide) groups is 1. The predicted octanol–water partition coefficient (Wildman–Crippen LogP) is 5.79. The van der Waals surface area contributed by atoms with E-state index in [9.17, 15) is 14.7 Å². The summed E-state index contributed by atoms with van der Waals surface area (Å²) in [7, 11) is 0. The zero-order valence-corrected chi connectivity index (χ0v) is 18.0. The van der Waals surface area contributed by atoms with Crippen LogP contribution < -0.4 is 0 Å². The summed E-state index contributed by atoms with van der Waals surface area (Å²) in [4.78, 5) is 28.6. The van der Waals surface area contributed by atoms with Gasteiger partial charge in [-0.15, -0.1) is 0 Å². The minimum atomic E-state index is -0.729. The Labute approximate surface area is 183 Å². The maximum atomic E-state index is 12.3. The zero-order chi connectivity index (χ0) is 21.7. The van der Waals surface area contributed by atoms with Crippen molar-refractivity contribution in [3.8, 4) is 11.3 Å². The highest BCUT2D eigenvalue weighted by Crippen LogP contribution is 2.39. The van der Waals surface area contributed by atoms with Gasteiger partial charge in [-0.05, 0) is 43.7 Å². The van der Waals surface area contributed by atoms with Gasteiger partial charge in [0.25, 0.3) is 0 Å². The minimum Gasteiger partial charge on any atom is -0.506 e. The number of aliphatic hydroxyl groups excluding tert-OH is 1. The fourth-order valence-electron chi connectivity index (χ4n) is 2.73. The average molecular weight is 446 g/mol. The molecular formula is C22H20ClNO5S. The third-order valence-electron chi connectivity index (χ3n) is 4.07. The van der Waals surface area contributed by atoms with E-state index >= 15 is 0 Å². The van der Waals surface area contributed by atoms with Crippen LogP contribution in [-0.4, -0.2) is 28.6 Å². The van der Waals surface area contributed by atoms with Crippen molar-refractivity contribution in [2.45, 2.75) is 26.7 Å². The number of aliphatic imine (C=N–C) groups is 1. The molecule has 1 aliphatic heterocycles. The van der Waals surface area contributed by atoms with Crippen molar-refractivity contribution in [2.24, 2.45) is 4.99 Å². The first-order valence-electron chi connectivity index (χ1n) is 9.40. The van der Waals surface area contributed by atoms with Gasteiger partial charge in [0, 0.05) is 17.0 Å². The van der Waals surface area contributed by atoms with E-state index in [2.05, 4.69) is 4.99 Å². The Hall–Kier alpha value is -2.77. The van der Waals surface area contributed by atoms with Gasteiger partial charge in [-0.2, -0.15) is 0 Å². The van der Waals surface area contributed by atoms with Crippen molar-refractivity contribution in [3.05, 3.63) is 63.4 Å². The smallest absolute Gasteiger partial charge is 0.344 e. The Bertz CT molecular complexity index is 1070. The molecule has 6 nitrogen and oxygen atoms in total. The predicted molar refractivity (Wildman–Crippen MR) is 118 cm³/mol. The third kappa shape index (κ3) is 5.04. The summed E-state index contributed by atoms with van der Waals surface area (Å²) in [5.74, 6) is -0.316. The van der Waals surface area contributed by atoms with Crippen molar-refractivity contribution >= 4 is 46.4 Å². The summed E-state index contributed by atoms with van der Waals surface area (Å²) in [6.45, 7) is 3.66. The SMILES string of the molecule is CCCC(=O)N=C1S/C(=C\c2ccc(-c3cccc(Cl)c3)o2)C(O)=C1C(=O)OCC. The van der Waals surface area contributed by atoms with Crippen LogP contribution in [0.15, 0.2) is 62.0 Å². The second-order valence-corrected chi connectivity index (χ2v) is 7.79. The van der Waals surface area contributed by atoms with Crippen LogP contribution in [0.25, 0.3) is 17.4 Å². The summed E-state index contributed by atoms with van der Waals surface area (Å²) in [5, 5.41) is 11.3. The highest BCUT2D eigenvalue weighted by atomic mass is 35.5. The van der Waals surface area contributed by atoms with Crippen LogP contribution in [0, 0.1) is 0 Å². The fourth-order valence-corrected chi connectivity index (χ4v) is 3.93. The number of nitrogens with zero attached hydrogens (tertiary/aromatic N) is 1. The first-order chi connectivity index (χ1) is 14.4. The first kappa shape index (κ1) is 21.9. The molecule has 30 heavy (non-hydrogen) atoms. The van der Waals surface area contributed by atoms with E-state index in [-0.39, 0.29) is 35.3 Å². The molecule has 1 N–H and O–H groups in total. The molecular weight excluding hydrogens is 426 g/mol. The molecule has 1 aromatic heterocycles. The highest BCUT2D eigenvalue weighted by Gasteiger charge is 2.34. The molecule has 0 bridgehead atoms. The number of ether oxygens (including phenoxy) is 1. The summed E-state index contributed by atoms with van der Waals surface area (Å²) in [6, 6.07) is 10.8. The van der Waals surface area contributed by atoms with Crippen LogP contribution in [0.4, 0.5) is 0 Å². The summed E-state index contributed by atoms with van der Waals surface area (Å²) in [6.07, 6.45) is 2.47. The van der Waals surface area contributed by atoms with Crippen LogP contribution in [0.5, 0.6) is 0 Å². The molecule has 8 heteroatoms. The number of esters is 1. The Morgan fingerprint density at radius 1 is 1.27 bits per heavy atom. The molecule has 0 saturated heterocycles. The number of carbonyl (C=O) groups excluding carboxylic acids is 2. The van der Waals surface area contributed by atoms with Crippen molar-refractivity contribution in [2.75, 3.05) is 6.61 Å². The second kappa shape index (κ2) is 9.82. The summed E-state index contributed by atoms with van der Waals surface area (Å²) in [5.41, 5.74) is 0.699. The molecule has 1 aromatic carbocycles. The van der Waals surface area contributed by atoms with Crippen LogP contribution in [-0.2, 0) is 14.3 Å². The van der Waals surface area contributed by atoms with Gasteiger partial charge in [0.1, 0.15) is 27.9 Å². The number of rotatable bonds is 6. The van der Waals surface area contributed by atoms with Crippen LogP contribution in [0.2, 0.25) is 5.02 Å². The van der Waals surface area contributed by atoms with Gasteiger partial charge in [0.2, 0.25) is 5.91 Å². The van der Waals surface area contributed by atoms with E-state index < -0.39 is 5.97 Å². The van der Waals surface area contributed by atoms with Crippen LogP contribution in [0.3, 0.4) is 0 Å². The molecule has 0 atom stereocenters. The molecule has 0 fully saturated rings. The number of hydrogen-bond donors (Lipinski definition) is 1. The zero-order valence-electron chi connectivity index (χ0n) is 16.5. The molecule has 2 heterocycles. The lowest BCUT2D eigenvalue weighted by Gasteiger charge is -2.03. The fraction of sp³-hybridized carbons (Fsp3) is 0.227. The van der Waals surface area contributed by atoms with Crippen molar-refractivity contribution in [1.82, 2.24) is 0 Å². The molecule has 0 spiro atoms. The maximum absolute atomic E-state index is 12.3. The number of halogens is 1. The Morgan fingerprint density at radius 2 is 2.07 bits per heavy atom. The van der Waals surface area contributed by atoms with Crippen LogP contribution in [0.1, 0.15) is 32.4 Å². The number of aliphatic hydroxyl groups is 1. The lowest BCUT2D eigenvalue weighted by atomic mass is 10.2. The summed E-state index contributed by atoms with van der Waals surface area (Å²) < 4.78 is 10.8. The molecule has 1 amide bonds. The van der Waals surface area contributed by atoms with Crippen molar-refractivity contribution < 1.29 is 23.8 Å². The second-order valence-electron chi connectivity index (χ2n) is 6.33. The van der Waals surface area contributed by atoms with Crippen molar-refractivity contribution in [1.29, 1.82) is 0 Å². The van der Waals surface area contributed by atoms with E-state index in [1.807, 2.05) is 19.1 Å². The largest absolute Gasteiger partial charge is 0.506 e. The lowest BCUT2D eigenvalue weighted by Crippen LogP contribution is -2.14. The van der Waals surface area contributed by atoms with Gasteiger partial charge in [0.15, 0.2) is 0 Å². The van der Waals surface area contributed by atoms with Gasteiger partial charge in [-0.25, -0.2) is 9.79 Å². The number of furan rings is 1. The molecule has 0 unspecified atom stereocenters. The Kier molecular flexibility index (Phi) is 7.18. The molecule has 0 radical (unpaired) electrons. The Balaban J connectivity index is 1.94. The monoisotopic (exact) mass is 445 g/mol. The molecule has 0 saturated carbocycles. The summed E-state index contributed by atoms with van der Waals surface area (Å²) >= 11 is 7.05. The molecule has 0 aliphatic carbocycles. The van der Waals surface area contributed by atoms with Crippen molar-refractivity contribution in [3.63, 3.8) is 0 Å². The third-order valence-corrected chi connectivity index (χ3v) is 5.32. The molecule has 156 valence electrons. The van der Waals surface area contributed by atoms with Gasteiger partial charge in [-0.3, -0.25) is 4.79 Å². The minimum absolute atomic E-state index is 0.112. The highest BCUT2D eigenvalue weighted by molar-refractivity contribution is 8.18. The number of carbonyl (C=O) groups is 2. The van der Waals surface area contributed by atoms with E-state index in [0.29, 0.717) is 27.9 Å². The van der Waals surface area contributed by atoms with E-state index in [0.717, 1.165) is 17.3 Å². The standard InChI is InChI=1S/C22H20ClNO5S/c1-3-6-18(25)24-21-19(22(27)28-4-2)20(26)17(30-21)12-15-9-10-16(29-15)13-7-5-8-14(23)11-13/h5,7-12,26H,3-4,6H2,1-2H3/b17-12-,24-21?. The maximum Gasteiger partial charge on any atom is 0.344 e. The van der Waals surface area contributed by atoms with Gasteiger partial charge >= 0.3 is 5.97 Å². The van der Waals surface area contributed by atoms with Gasteiger partial charge < -0.3 is 14.3 Å². The van der Waals surface area contributed by atoms with E-state index in [1.165, 1.54) is 0 Å². The average Bonchev–Trinajstić information content (AvgIpc) is 3.27. The Morgan fingerprint density at radius 3 is 2.77 bits per heavy atom. The van der Waals surface area contributed by atoms with Gasteiger partial charge in [0.05, 0.1) is 11.5 Å². The molecule has 2 aromatic rings. The first-order valence-corrected chi connectivity index (χ1v) is 10.6. The normalized spacial score (nSPS) is 16.5. The van der Waals surface area contributed by atoms with Crippen LogP contribution >= 0.6 is 23.4 Å². The topological polar surface area (TPSA) is 89.1 Å². The number of hydrogen-bond acceptors (Lipinski definition) is 6. The lowest BCUT2D eigenvalue weighted by molar-refractivity contribution is -0.138. The van der Waals surface area contributed by atoms with E-state index in [4.69, 9.17) is 20.8 Å². The number of benzene rings is 1.